The Labute approximate surface area is 107 Å². The molecule has 1 saturated carbocycles. The van der Waals surface area contributed by atoms with Crippen LogP contribution >= 0.6 is 0 Å². The fourth-order valence-electron chi connectivity index (χ4n) is 3.29. The minimum Gasteiger partial charge on any atom is -0.376 e. The van der Waals surface area contributed by atoms with Crippen LogP contribution in [0.15, 0.2) is 0 Å². The summed E-state index contributed by atoms with van der Waals surface area (Å²) in [6.07, 6.45) is 8.41. The van der Waals surface area contributed by atoms with Gasteiger partial charge < -0.3 is 9.64 Å². The maximum atomic E-state index is 6.03. The molecule has 2 nitrogen and oxygen atoms in total. The van der Waals surface area contributed by atoms with Crippen LogP contribution in [-0.4, -0.2) is 36.2 Å². The first-order chi connectivity index (χ1) is 8.06. The van der Waals surface area contributed by atoms with Crippen molar-refractivity contribution in [2.75, 3.05) is 19.7 Å². The zero-order valence-electron chi connectivity index (χ0n) is 11.9. The average molecular weight is 239 g/mol. The Morgan fingerprint density at radius 3 is 2.29 bits per heavy atom. The third-order valence-corrected chi connectivity index (χ3v) is 4.21. The van der Waals surface area contributed by atoms with Gasteiger partial charge in [-0.3, -0.25) is 0 Å². The van der Waals surface area contributed by atoms with Crippen molar-refractivity contribution in [2.24, 2.45) is 5.92 Å². The molecule has 0 bridgehead atoms. The highest BCUT2D eigenvalue weighted by molar-refractivity contribution is 4.86. The second-order valence-electron chi connectivity index (χ2n) is 6.78. The lowest BCUT2D eigenvalue weighted by Crippen LogP contribution is -2.43. The zero-order valence-corrected chi connectivity index (χ0v) is 11.9. The number of likely N-dealkylation sites (tertiary alicyclic amines) is 1. The van der Waals surface area contributed by atoms with Crippen LogP contribution < -0.4 is 0 Å². The summed E-state index contributed by atoms with van der Waals surface area (Å²) >= 11 is 0. The highest BCUT2D eigenvalue weighted by atomic mass is 16.5. The molecule has 0 aromatic carbocycles. The van der Waals surface area contributed by atoms with E-state index in [9.17, 15) is 0 Å². The number of nitrogens with zero attached hydrogens (tertiary/aromatic N) is 1. The van der Waals surface area contributed by atoms with E-state index in [0.717, 1.165) is 18.6 Å². The molecule has 2 heteroatoms. The monoisotopic (exact) mass is 239 g/mol. The largest absolute Gasteiger partial charge is 0.376 e. The van der Waals surface area contributed by atoms with Crippen molar-refractivity contribution < 1.29 is 4.74 Å². The third kappa shape index (κ3) is 3.96. The van der Waals surface area contributed by atoms with Gasteiger partial charge in [0.05, 0.1) is 12.2 Å². The van der Waals surface area contributed by atoms with Gasteiger partial charge in [0.25, 0.3) is 0 Å². The molecule has 0 N–H and O–H groups in total. The van der Waals surface area contributed by atoms with E-state index in [4.69, 9.17) is 4.74 Å². The lowest BCUT2D eigenvalue weighted by molar-refractivity contribution is -0.0454. The number of hydrogen-bond donors (Lipinski definition) is 0. The predicted molar refractivity (Wildman–Crippen MR) is 72.3 cm³/mol. The Morgan fingerprint density at radius 1 is 1.00 bits per heavy atom. The van der Waals surface area contributed by atoms with E-state index >= 15 is 0 Å². The van der Waals surface area contributed by atoms with E-state index in [-0.39, 0.29) is 5.60 Å². The van der Waals surface area contributed by atoms with Crippen LogP contribution in [0.3, 0.4) is 0 Å². The summed E-state index contributed by atoms with van der Waals surface area (Å²) in [5, 5.41) is 0. The van der Waals surface area contributed by atoms with Crippen LogP contribution in [0.2, 0.25) is 0 Å². The molecule has 0 radical (unpaired) electrons. The van der Waals surface area contributed by atoms with Crippen molar-refractivity contribution in [3.8, 4) is 0 Å². The van der Waals surface area contributed by atoms with Gasteiger partial charge in [-0.2, -0.15) is 0 Å². The van der Waals surface area contributed by atoms with Gasteiger partial charge in [-0.25, -0.2) is 0 Å². The number of hydrogen-bond acceptors (Lipinski definition) is 2. The molecule has 1 aliphatic carbocycles. The minimum absolute atomic E-state index is 0.0208. The zero-order chi connectivity index (χ0) is 12.3. The van der Waals surface area contributed by atoms with Crippen molar-refractivity contribution in [2.45, 2.75) is 70.9 Å². The molecule has 2 unspecified atom stereocenters. The molecule has 1 heterocycles. The van der Waals surface area contributed by atoms with Gasteiger partial charge in [-0.1, -0.05) is 12.8 Å². The van der Waals surface area contributed by atoms with E-state index in [1.165, 1.54) is 51.6 Å². The summed E-state index contributed by atoms with van der Waals surface area (Å²) in [7, 11) is 0. The summed E-state index contributed by atoms with van der Waals surface area (Å²) < 4.78 is 6.03. The molecular formula is C15H29NO. The van der Waals surface area contributed by atoms with Crippen molar-refractivity contribution >= 4 is 0 Å². The first kappa shape index (κ1) is 13.4. The minimum atomic E-state index is 0.0208. The molecule has 1 saturated heterocycles. The maximum Gasteiger partial charge on any atom is 0.0598 e. The third-order valence-electron chi connectivity index (χ3n) is 4.21. The van der Waals surface area contributed by atoms with Crippen LogP contribution in [0.25, 0.3) is 0 Å². The van der Waals surface area contributed by atoms with E-state index in [0.29, 0.717) is 0 Å². The molecule has 2 aliphatic rings. The lowest BCUT2D eigenvalue weighted by Gasteiger charge is -2.39. The first-order valence-electron chi connectivity index (χ1n) is 7.44. The molecule has 2 rings (SSSR count). The van der Waals surface area contributed by atoms with Crippen LogP contribution in [-0.2, 0) is 4.74 Å². The molecular weight excluding hydrogens is 210 g/mol. The van der Waals surface area contributed by atoms with Crippen molar-refractivity contribution in [1.82, 2.24) is 4.90 Å². The Balaban J connectivity index is 1.87. The van der Waals surface area contributed by atoms with Gasteiger partial charge >= 0.3 is 0 Å². The van der Waals surface area contributed by atoms with Crippen molar-refractivity contribution in [3.63, 3.8) is 0 Å². The number of ether oxygens (including phenoxy) is 1. The normalized spacial score (nSPS) is 31.9. The lowest BCUT2D eigenvalue weighted by atomic mass is 9.84. The van der Waals surface area contributed by atoms with Crippen molar-refractivity contribution in [1.29, 1.82) is 0 Å². The highest BCUT2D eigenvalue weighted by Gasteiger charge is 2.32. The SMILES string of the molecule is CC(C)(C)OCC1CCCCC1N1CCCC1. The Hall–Kier alpha value is -0.0800. The molecule has 17 heavy (non-hydrogen) atoms. The standard InChI is InChI=1S/C15H29NO/c1-15(2,3)17-12-13-8-4-5-9-14(13)16-10-6-7-11-16/h13-14H,4-12H2,1-3H3. The summed E-state index contributed by atoms with van der Waals surface area (Å²) in [6.45, 7) is 10.1. The Morgan fingerprint density at radius 2 is 1.65 bits per heavy atom. The quantitative estimate of drug-likeness (QED) is 0.748. The second kappa shape index (κ2) is 5.71. The van der Waals surface area contributed by atoms with Gasteiger partial charge in [0, 0.05) is 6.04 Å². The Bertz CT molecular complexity index is 228. The van der Waals surface area contributed by atoms with Gasteiger partial charge in [0.1, 0.15) is 0 Å². The van der Waals surface area contributed by atoms with Gasteiger partial charge in [-0.15, -0.1) is 0 Å². The van der Waals surface area contributed by atoms with Crippen LogP contribution in [0, 0.1) is 5.92 Å². The van der Waals surface area contributed by atoms with Gasteiger partial charge in [-0.05, 0) is 65.5 Å². The molecule has 0 aromatic heterocycles. The maximum absolute atomic E-state index is 6.03. The second-order valence-corrected chi connectivity index (χ2v) is 6.78. The van der Waals surface area contributed by atoms with Gasteiger partial charge in [0.15, 0.2) is 0 Å². The molecule has 0 spiro atoms. The summed E-state index contributed by atoms with van der Waals surface area (Å²) in [5.41, 5.74) is 0.0208. The average Bonchev–Trinajstić information content (AvgIpc) is 2.79. The fourth-order valence-corrected chi connectivity index (χ4v) is 3.29. The van der Waals surface area contributed by atoms with E-state index < -0.39 is 0 Å². The molecule has 2 atom stereocenters. The van der Waals surface area contributed by atoms with E-state index in [1.807, 2.05) is 0 Å². The fraction of sp³-hybridized carbons (Fsp3) is 1.00. The van der Waals surface area contributed by atoms with E-state index in [2.05, 4.69) is 25.7 Å². The molecule has 100 valence electrons. The first-order valence-corrected chi connectivity index (χ1v) is 7.44. The van der Waals surface area contributed by atoms with Crippen LogP contribution in [0.1, 0.15) is 59.3 Å². The topological polar surface area (TPSA) is 12.5 Å². The molecule has 0 aromatic rings. The Kier molecular flexibility index (Phi) is 4.48. The molecule has 2 fully saturated rings. The van der Waals surface area contributed by atoms with Crippen molar-refractivity contribution in [3.05, 3.63) is 0 Å². The van der Waals surface area contributed by atoms with Gasteiger partial charge in [0.2, 0.25) is 0 Å². The van der Waals surface area contributed by atoms with Crippen LogP contribution in [0.4, 0.5) is 0 Å². The predicted octanol–water partition coefficient (Wildman–Crippen LogP) is 3.46. The van der Waals surface area contributed by atoms with E-state index in [1.54, 1.807) is 0 Å². The highest BCUT2D eigenvalue weighted by Crippen LogP contribution is 2.31. The number of rotatable bonds is 3. The smallest absolute Gasteiger partial charge is 0.0598 e. The molecule has 1 aliphatic heterocycles. The van der Waals surface area contributed by atoms with Crippen LogP contribution in [0.5, 0.6) is 0 Å². The molecule has 0 amide bonds. The summed E-state index contributed by atoms with van der Waals surface area (Å²) in [4.78, 5) is 2.73. The summed E-state index contributed by atoms with van der Waals surface area (Å²) in [5.74, 6) is 0.779. The summed E-state index contributed by atoms with van der Waals surface area (Å²) in [6, 6.07) is 0.814.